The number of guanidine groups is 1. The quantitative estimate of drug-likeness (QED) is 0.344. The molecule has 1 aromatic rings. The predicted octanol–water partition coefficient (Wildman–Crippen LogP) is 0.837. The molecule has 30 heavy (non-hydrogen) atoms. The Morgan fingerprint density at radius 2 is 1.87 bits per heavy atom. The zero-order valence-electron chi connectivity index (χ0n) is 15.8. The Balaban J connectivity index is 2.18. The number of amides is 2. The second-order valence-corrected chi connectivity index (χ2v) is 6.97. The van der Waals surface area contributed by atoms with Crippen molar-refractivity contribution in [2.24, 2.45) is 11.5 Å². The van der Waals surface area contributed by atoms with Crippen molar-refractivity contribution in [3.63, 3.8) is 0 Å². The summed E-state index contributed by atoms with van der Waals surface area (Å²) in [6.45, 7) is 0.279. The molecule has 1 aliphatic rings. The number of benzene rings is 1. The third-order valence-electron chi connectivity index (χ3n) is 4.83. The maximum atomic E-state index is 13.6. The molecule has 1 heterocycles. The molecular weight excluding hydrogens is 407 g/mol. The molecule has 2 amide bonds. The number of likely N-dealkylation sites (tertiary alicyclic amines) is 1. The molecule has 2 rings (SSSR count). The van der Waals surface area contributed by atoms with Gasteiger partial charge in [-0.1, -0.05) is 6.07 Å². The molecule has 9 nitrogen and oxygen atoms in total. The van der Waals surface area contributed by atoms with Crippen LogP contribution in [0.2, 0.25) is 0 Å². The predicted molar refractivity (Wildman–Crippen MR) is 99.6 cm³/mol. The van der Waals surface area contributed by atoms with Crippen LogP contribution in [0, 0.1) is 5.41 Å². The topological polar surface area (TPSA) is 163 Å². The lowest BCUT2D eigenvalue weighted by molar-refractivity contribution is -0.142. The van der Waals surface area contributed by atoms with Crippen molar-refractivity contribution < 1.29 is 32.7 Å². The number of carbonyl (C=O) groups excluding carboxylic acids is 2. The van der Waals surface area contributed by atoms with Gasteiger partial charge in [0.1, 0.15) is 0 Å². The van der Waals surface area contributed by atoms with E-state index in [1.807, 2.05) is 5.32 Å². The number of hydrogen-bond acceptors (Lipinski definition) is 5. The van der Waals surface area contributed by atoms with E-state index in [1.54, 1.807) is 0 Å². The first-order chi connectivity index (χ1) is 13.9. The van der Waals surface area contributed by atoms with Crippen molar-refractivity contribution in [2.75, 3.05) is 13.1 Å². The lowest BCUT2D eigenvalue weighted by Gasteiger charge is -2.34. The minimum absolute atomic E-state index is 0.00353. The number of alkyl halides is 3. The summed E-state index contributed by atoms with van der Waals surface area (Å²) in [6, 6.07) is 1.96. The van der Waals surface area contributed by atoms with Crippen molar-refractivity contribution >= 4 is 23.7 Å². The normalized spacial score (nSPS) is 16.1. The second kappa shape index (κ2) is 9.11. The molecule has 0 bridgehead atoms. The van der Waals surface area contributed by atoms with Gasteiger partial charge in [0.25, 0.3) is 5.91 Å². The third-order valence-corrected chi connectivity index (χ3v) is 4.83. The highest BCUT2D eigenvalue weighted by Gasteiger charge is 2.37. The Morgan fingerprint density at radius 1 is 1.27 bits per heavy atom. The fraction of sp³-hybridized carbons (Fsp3) is 0.444. The number of halogens is 3. The average Bonchev–Trinajstić information content (AvgIpc) is 2.65. The molecule has 0 unspecified atom stereocenters. The van der Waals surface area contributed by atoms with Crippen LogP contribution in [0.4, 0.5) is 13.2 Å². The molecule has 0 radical (unpaired) electrons. The third kappa shape index (κ3) is 5.69. The van der Waals surface area contributed by atoms with Crippen molar-refractivity contribution in [1.82, 2.24) is 10.2 Å². The lowest BCUT2D eigenvalue weighted by atomic mass is 9.85. The Kier molecular flexibility index (Phi) is 7.03. The Morgan fingerprint density at radius 3 is 2.37 bits per heavy atom. The molecule has 1 aliphatic heterocycles. The van der Waals surface area contributed by atoms with Crippen LogP contribution in [0.15, 0.2) is 18.2 Å². The Bertz CT molecular complexity index is 851. The molecule has 0 saturated carbocycles. The number of carboxylic acids is 1. The van der Waals surface area contributed by atoms with Gasteiger partial charge in [0.05, 0.1) is 18.0 Å². The number of rotatable bonds is 5. The molecule has 1 atom stereocenters. The number of nitrogens with zero attached hydrogens (tertiary/aromatic N) is 1. The van der Waals surface area contributed by atoms with E-state index < -0.39 is 53.9 Å². The highest BCUT2D eigenvalue weighted by molar-refractivity contribution is 6.04. The molecule has 1 saturated heterocycles. The number of nitrogens with one attached hydrogen (secondary N) is 2. The van der Waals surface area contributed by atoms with Gasteiger partial charge in [0.2, 0.25) is 5.91 Å². The summed E-state index contributed by atoms with van der Waals surface area (Å²) < 4.78 is 40.8. The smallest absolute Gasteiger partial charge is 0.416 e. The molecule has 0 aliphatic carbocycles. The zero-order chi connectivity index (χ0) is 22.6. The summed E-state index contributed by atoms with van der Waals surface area (Å²) in [4.78, 5) is 36.1. The van der Waals surface area contributed by atoms with Gasteiger partial charge in [-0.15, -0.1) is 0 Å². The van der Waals surface area contributed by atoms with Gasteiger partial charge in [0.15, 0.2) is 5.96 Å². The van der Waals surface area contributed by atoms with Crippen LogP contribution in [0.3, 0.4) is 0 Å². The molecule has 1 aromatic carbocycles. The number of hydrogen-bond donors (Lipinski definition) is 5. The maximum absolute atomic E-state index is 13.6. The number of carbonyl (C=O) groups is 3. The summed E-state index contributed by atoms with van der Waals surface area (Å²) in [5, 5.41) is 17.7. The van der Waals surface area contributed by atoms with E-state index in [0.29, 0.717) is 6.07 Å². The largest absolute Gasteiger partial charge is 0.481 e. The molecule has 0 spiro atoms. The van der Waals surface area contributed by atoms with Gasteiger partial charge in [0, 0.05) is 18.7 Å². The summed E-state index contributed by atoms with van der Waals surface area (Å²) in [5.41, 5.74) is 9.37. The monoisotopic (exact) mass is 429 g/mol. The lowest BCUT2D eigenvalue weighted by Crippen LogP contribution is -2.47. The molecule has 0 aromatic heterocycles. The van der Waals surface area contributed by atoms with Crippen molar-refractivity contribution in [1.29, 1.82) is 5.41 Å². The van der Waals surface area contributed by atoms with Crippen LogP contribution in [-0.4, -0.2) is 52.9 Å². The van der Waals surface area contributed by atoms with Gasteiger partial charge >= 0.3 is 12.1 Å². The number of nitrogens with two attached hydrogens (primary N) is 2. The first-order valence-electron chi connectivity index (χ1n) is 9.02. The number of carboxylic acid groups (broad SMARTS) is 1. The SMILES string of the molecule is N=C(N)NC(=O)c1ccc(C2CCN(C(=O)[C@@H](N)CC(=O)O)CC2)c(C(F)(F)F)c1. The van der Waals surface area contributed by atoms with Crippen LogP contribution in [0.25, 0.3) is 0 Å². The van der Waals surface area contributed by atoms with Gasteiger partial charge in [-0.3, -0.25) is 25.1 Å². The van der Waals surface area contributed by atoms with Gasteiger partial charge in [-0.05, 0) is 36.5 Å². The van der Waals surface area contributed by atoms with E-state index in [0.717, 1.165) is 0 Å². The highest BCUT2D eigenvalue weighted by atomic mass is 19.4. The van der Waals surface area contributed by atoms with Crippen LogP contribution >= 0.6 is 0 Å². The molecular formula is C18H22F3N5O4. The summed E-state index contributed by atoms with van der Waals surface area (Å²) in [6.07, 6.45) is -4.78. The van der Waals surface area contributed by atoms with E-state index in [9.17, 15) is 27.6 Å². The maximum Gasteiger partial charge on any atom is 0.416 e. The van der Waals surface area contributed by atoms with Crippen molar-refractivity contribution in [2.45, 2.75) is 37.4 Å². The van der Waals surface area contributed by atoms with E-state index >= 15 is 0 Å². The molecule has 7 N–H and O–H groups in total. The van der Waals surface area contributed by atoms with Crippen LogP contribution in [0.5, 0.6) is 0 Å². The van der Waals surface area contributed by atoms with E-state index in [1.165, 1.54) is 17.0 Å². The number of piperidine rings is 1. The molecule has 164 valence electrons. The first kappa shape index (κ1) is 23.1. The van der Waals surface area contributed by atoms with Crippen LogP contribution in [0.1, 0.15) is 46.7 Å². The molecule has 12 heteroatoms. The van der Waals surface area contributed by atoms with Gasteiger partial charge < -0.3 is 21.5 Å². The standard InChI is InChI=1S/C18H22F3N5O4/c19-18(20,21)12-7-10(15(29)25-17(23)24)1-2-11(12)9-3-5-26(6-4-9)16(30)13(22)8-14(27)28/h1-2,7,9,13H,3-6,8,22H2,(H,27,28)(H4,23,24,25,29)/t13-/m0/s1. The van der Waals surface area contributed by atoms with E-state index in [2.05, 4.69) is 0 Å². The summed E-state index contributed by atoms with van der Waals surface area (Å²) >= 11 is 0. The fourth-order valence-corrected chi connectivity index (χ4v) is 3.41. The van der Waals surface area contributed by atoms with E-state index in [4.69, 9.17) is 22.0 Å². The van der Waals surface area contributed by atoms with Crippen molar-refractivity contribution in [3.8, 4) is 0 Å². The minimum Gasteiger partial charge on any atom is -0.481 e. The first-order valence-corrected chi connectivity index (χ1v) is 9.02. The number of aliphatic carboxylic acids is 1. The zero-order valence-corrected chi connectivity index (χ0v) is 15.8. The average molecular weight is 429 g/mol. The van der Waals surface area contributed by atoms with Crippen LogP contribution < -0.4 is 16.8 Å². The van der Waals surface area contributed by atoms with E-state index in [-0.39, 0.29) is 37.1 Å². The Hall–Kier alpha value is -3.15. The van der Waals surface area contributed by atoms with Crippen LogP contribution in [-0.2, 0) is 15.8 Å². The van der Waals surface area contributed by atoms with Gasteiger partial charge in [-0.25, -0.2) is 0 Å². The van der Waals surface area contributed by atoms with Crippen molar-refractivity contribution in [3.05, 3.63) is 34.9 Å². The minimum atomic E-state index is -4.71. The summed E-state index contributed by atoms with van der Waals surface area (Å²) in [7, 11) is 0. The fourth-order valence-electron chi connectivity index (χ4n) is 3.41. The van der Waals surface area contributed by atoms with Gasteiger partial charge in [-0.2, -0.15) is 13.2 Å². The molecule has 1 fully saturated rings. The Labute approximate surface area is 169 Å². The highest BCUT2D eigenvalue weighted by Crippen LogP contribution is 2.39. The second-order valence-electron chi connectivity index (χ2n) is 6.97. The summed E-state index contributed by atoms with van der Waals surface area (Å²) in [5.74, 6) is -3.88.